The van der Waals surface area contributed by atoms with E-state index < -0.39 is 46.0 Å². The van der Waals surface area contributed by atoms with Gasteiger partial charge in [0, 0.05) is 11.3 Å². The molecule has 0 bridgehead atoms. The molecule has 5 heteroatoms. The monoisotopic (exact) mass is 342 g/mol. The Bertz CT molecular complexity index is 479. The SMILES string of the molecule is CC(C)[C@]1(O)[C@H](C(C(=O)OC(C)(C)C)C(=O)OC(C)(C)C)C1(C)C. The summed E-state index contributed by atoms with van der Waals surface area (Å²) < 4.78 is 10.9. The Balaban J connectivity index is 3.21. The predicted octanol–water partition coefficient (Wildman–Crippen LogP) is 3.33. The summed E-state index contributed by atoms with van der Waals surface area (Å²) in [5, 5.41) is 11.0. The Labute approximate surface area is 146 Å². The maximum atomic E-state index is 12.7. The largest absolute Gasteiger partial charge is 0.459 e. The van der Waals surface area contributed by atoms with E-state index in [0.29, 0.717) is 0 Å². The van der Waals surface area contributed by atoms with Crippen molar-refractivity contribution in [2.45, 2.75) is 86.0 Å². The Morgan fingerprint density at radius 2 is 1.25 bits per heavy atom. The Morgan fingerprint density at radius 3 is 1.46 bits per heavy atom. The van der Waals surface area contributed by atoms with Crippen LogP contribution in [0.1, 0.15) is 69.2 Å². The lowest BCUT2D eigenvalue weighted by molar-refractivity contribution is -0.177. The standard InChI is InChI=1S/C19H34O5/c1-11(2)19(22)13(18(19,9)10)12(14(20)23-16(3,4)5)15(21)24-17(6,7)8/h11-13,22H,1-10H3/t13-,19+/m1/s1. The van der Waals surface area contributed by atoms with Gasteiger partial charge in [0.15, 0.2) is 5.92 Å². The normalized spacial score (nSPS) is 26.5. The number of carbonyl (C=O) groups excluding carboxylic acids is 2. The molecule has 0 spiro atoms. The molecule has 0 heterocycles. The zero-order chi connectivity index (χ0) is 19.3. The smallest absolute Gasteiger partial charge is 0.321 e. The second-order valence-corrected chi connectivity index (χ2v) is 9.72. The molecule has 24 heavy (non-hydrogen) atoms. The molecular formula is C19H34O5. The van der Waals surface area contributed by atoms with Crippen molar-refractivity contribution >= 4 is 11.9 Å². The molecule has 5 nitrogen and oxygen atoms in total. The summed E-state index contributed by atoms with van der Waals surface area (Å²) in [4.78, 5) is 25.5. The molecule has 1 aliphatic rings. The van der Waals surface area contributed by atoms with Gasteiger partial charge < -0.3 is 14.6 Å². The molecule has 1 aliphatic carbocycles. The van der Waals surface area contributed by atoms with Crippen LogP contribution in [0.4, 0.5) is 0 Å². The van der Waals surface area contributed by atoms with Crippen LogP contribution in [0.15, 0.2) is 0 Å². The summed E-state index contributed by atoms with van der Waals surface area (Å²) in [5.41, 5.74) is -3.11. The summed E-state index contributed by atoms with van der Waals surface area (Å²) in [7, 11) is 0. The number of aliphatic hydroxyl groups is 1. The molecule has 1 N–H and O–H groups in total. The van der Waals surface area contributed by atoms with Crippen molar-refractivity contribution in [2.75, 3.05) is 0 Å². The fraction of sp³-hybridized carbons (Fsp3) is 0.895. The van der Waals surface area contributed by atoms with Crippen molar-refractivity contribution in [3.05, 3.63) is 0 Å². The minimum Gasteiger partial charge on any atom is -0.459 e. The second-order valence-electron chi connectivity index (χ2n) is 9.72. The lowest BCUT2D eigenvalue weighted by Crippen LogP contribution is -2.40. The minimum absolute atomic E-state index is 0.0927. The summed E-state index contributed by atoms with van der Waals surface area (Å²) in [6, 6.07) is 0. The minimum atomic E-state index is -1.13. The number of carbonyl (C=O) groups is 2. The van der Waals surface area contributed by atoms with Crippen molar-refractivity contribution < 1.29 is 24.2 Å². The molecule has 0 aromatic rings. The van der Waals surface area contributed by atoms with Crippen molar-refractivity contribution in [3.8, 4) is 0 Å². The van der Waals surface area contributed by atoms with Gasteiger partial charge in [0.25, 0.3) is 0 Å². The van der Waals surface area contributed by atoms with Gasteiger partial charge in [-0.2, -0.15) is 0 Å². The van der Waals surface area contributed by atoms with Gasteiger partial charge in [-0.3, -0.25) is 9.59 Å². The van der Waals surface area contributed by atoms with E-state index in [9.17, 15) is 14.7 Å². The highest BCUT2D eigenvalue weighted by atomic mass is 16.6. The first-order valence-corrected chi connectivity index (χ1v) is 8.63. The lowest BCUT2D eigenvalue weighted by Gasteiger charge is -2.27. The highest BCUT2D eigenvalue weighted by molar-refractivity contribution is 5.96. The molecule has 1 saturated carbocycles. The molecule has 0 aromatic heterocycles. The van der Waals surface area contributed by atoms with Gasteiger partial charge in [0.1, 0.15) is 11.2 Å². The van der Waals surface area contributed by atoms with Gasteiger partial charge in [-0.25, -0.2) is 0 Å². The summed E-state index contributed by atoms with van der Waals surface area (Å²) >= 11 is 0. The average molecular weight is 342 g/mol. The molecule has 0 saturated heterocycles. The van der Waals surface area contributed by atoms with E-state index in [-0.39, 0.29) is 5.92 Å². The van der Waals surface area contributed by atoms with E-state index in [1.807, 2.05) is 27.7 Å². The first kappa shape index (κ1) is 20.9. The molecular weight excluding hydrogens is 308 g/mol. The van der Waals surface area contributed by atoms with Crippen molar-refractivity contribution in [1.82, 2.24) is 0 Å². The van der Waals surface area contributed by atoms with Gasteiger partial charge in [-0.05, 0) is 47.5 Å². The highest BCUT2D eigenvalue weighted by Crippen LogP contribution is 2.68. The third kappa shape index (κ3) is 3.93. The second kappa shape index (κ2) is 6.01. The Hall–Kier alpha value is -1.10. The molecule has 1 fully saturated rings. The maximum absolute atomic E-state index is 12.7. The number of hydrogen-bond donors (Lipinski definition) is 1. The van der Waals surface area contributed by atoms with E-state index in [1.165, 1.54) is 0 Å². The van der Waals surface area contributed by atoms with Crippen molar-refractivity contribution in [1.29, 1.82) is 0 Å². The van der Waals surface area contributed by atoms with E-state index in [2.05, 4.69) is 0 Å². The van der Waals surface area contributed by atoms with Crippen molar-refractivity contribution in [3.63, 3.8) is 0 Å². The zero-order valence-corrected chi connectivity index (χ0v) is 16.8. The molecule has 0 radical (unpaired) electrons. The summed E-state index contributed by atoms with van der Waals surface area (Å²) in [5.74, 6) is -3.02. The quantitative estimate of drug-likeness (QED) is 0.627. The number of esters is 2. The topological polar surface area (TPSA) is 72.8 Å². The van der Waals surface area contributed by atoms with E-state index in [0.717, 1.165) is 0 Å². The first-order valence-electron chi connectivity index (χ1n) is 8.63. The molecule has 0 unspecified atom stereocenters. The average Bonchev–Trinajstić information content (AvgIpc) is 2.71. The number of ether oxygens (including phenoxy) is 2. The van der Waals surface area contributed by atoms with Crippen LogP contribution in [0.2, 0.25) is 0 Å². The molecule has 1 rings (SSSR count). The van der Waals surface area contributed by atoms with Gasteiger partial charge in [-0.1, -0.05) is 27.7 Å². The van der Waals surface area contributed by atoms with Crippen LogP contribution in [0.3, 0.4) is 0 Å². The summed E-state index contributed by atoms with van der Waals surface area (Å²) in [6.45, 7) is 18.1. The van der Waals surface area contributed by atoms with Crippen molar-refractivity contribution in [2.24, 2.45) is 23.2 Å². The fourth-order valence-electron chi connectivity index (χ4n) is 3.69. The lowest BCUT2D eigenvalue weighted by atomic mass is 9.94. The van der Waals surface area contributed by atoms with Crippen LogP contribution >= 0.6 is 0 Å². The van der Waals surface area contributed by atoms with Crippen LogP contribution in [0.25, 0.3) is 0 Å². The van der Waals surface area contributed by atoms with Gasteiger partial charge in [-0.15, -0.1) is 0 Å². The van der Waals surface area contributed by atoms with E-state index in [4.69, 9.17) is 9.47 Å². The Kier molecular flexibility index (Phi) is 5.24. The predicted molar refractivity (Wildman–Crippen MR) is 92.2 cm³/mol. The maximum Gasteiger partial charge on any atom is 0.321 e. The number of hydrogen-bond acceptors (Lipinski definition) is 5. The summed E-state index contributed by atoms with van der Waals surface area (Å²) in [6.07, 6.45) is 0. The highest BCUT2D eigenvalue weighted by Gasteiger charge is 2.76. The van der Waals surface area contributed by atoms with Gasteiger partial charge in [0.2, 0.25) is 0 Å². The van der Waals surface area contributed by atoms with E-state index >= 15 is 0 Å². The zero-order valence-electron chi connectivity index (χ0n) is 16.8. The van der Waals surface area contributed by atoms with Crippen LogP contribution in [0, 0.1) is 23.2 Å². The molecule has 0 aliphatic heterocycles. The van der Waals surface area contributed by atoms with Crippen LogP contribution in [0.5, 0.6) is 0 Å². The third-order valence-electron chi connectivity index (χ3n) is 4.74. The van der Waals surface area contributed by atoms with Crippen LogP contribution in [-0.4, -0.2) is 33.8 Å². The van der Waals surface area contributed by atoms with Crippen LogP contribution < -0.4 is 0 Å². The third-order valence-corrected chi connectivity index (χ3v) is 4.74. The number of rotatable bonds is 4. The van der Waals surface area contributed by atoms with Gasteiger partial charge >= 0.3 is 11.9 Å². The van der Waals surface area contributed by atoms with Crippen LogP contribution in [-0.2, 0) is 19.1 Å². The molecule has 0 amide bonds. The van der Waals surface area contributed by atoms with Gasteiger partial charge in [0.05, 0.1) is 5.60 Å². The molecule has 0 aromatic carbocycles. The fourth-order valence-corrected chi connectivity index (χ4v) is 3.69. The van der Waals surface area contributed by atoms with E-state index in [1.54, 1.807) is 41.5 Å². The molecule has 2 atom stereocenters. The Morgan fingerprint density at radius 1 is 0.917 bits per heavy atom. The first-order chi connectivity index (χ1) is 10.4. The molecule has 140 valence electrons.